The van der Waals surface area contributed by atoms with Crippen molar-refractivity contribution in [1.29, 1.82) is 0 Å². The molecule has 1 aromatic carbocycles. The van der Waals surface area contributed by atoms with Crippen LogP contribution in [-0.2, 0) is 17.6 Å². The van der Waals surface area contributed by atoms with Crippen LogP contribution in [0.5, 0.6) is 0 Å². The van der Waals surface area contributed by atoms with E-state index in [0.29, 0.717) is 13.0 Å². The lowest BCUT2D eigenvalue weighted by Crippen LogP contribution is -2.08. The van der Waals surface area contributed by atoms with Gasteiger partial charge in [-0.2, -0.15) is 0 Å². The van der Waals surface area contributed by atoms with Crippen LogP contribution in [-0.4, -0.2) is 12.5 Å². The molecule has 0 spiro atoms. The normalized spacial score (nSPS) is 14.0. The third kappa shape index (κ3) is 1.48. The highest BCUT2D eigenvalue weighted by atomic mass is 19.1. The summed E-state index contributed by atoms with van der Waals surface area (Å²) >= 11 is 0. The van der Waals surface area contributed by atoms with Gasteiger partial charge in [-0.25, -0.2) is 4.39 Å². The molecule has 0 saturated heterocycles. The van der Waals surface area contributed by atoms with Gasteiger partial charge in [0.2, 0.25) is 5.91 Å². The summed E-state index contributed by atoms with van der Waals surface area (Å²) in [6, 6.07) is 2.82. The Hall–Kier alpha value is -1.42. The summed E-state index contributed by atoms with van der Waals surface area (Å²) in [6.45, 7) is 0.450. The molecule has 3 nitrogen and oxygen atoms in total. The number of carbonyl (C=O) groups excluding carboxylic acids is 1. The Morgan fingerprint density at radius 2 is 2.29 bits per heavy atom. The van der Waals surface area contributed by atoms with E-state index in [9.17, 15) is 9.18 Å². The van der Waals surface area contributed by atoms with Crippen LogP contribution < -0.4 is 11.1 Å². The average molecular weight is 194 g/mol. The number of fused-ring (bicyclic) bond motifs is 1. The predicted molar refractivity (Wildman–Crippen MR) is 51.5 cm³/mol. The van der Waals surface area contributed by atoms with E-state index in [1.807, 2.05) is 0 Å². The molecule has 0 fully saturated rings. The highest BCUT2D eigenvalue weighted by Crippen LogP contribution is 2.28. The fourth-order valence-electron chi connectivity index (χ4n) is 1.73. The van der Waals surface area contributed by atoms with Crippen molar-refractivity contribution in [2.24, 2.45) is 5.73 Å². The van der Waals surface area contributed by atoms with Crippen LogP contribution in [0.3, 0.4) is 0 Å². The molecule has 0 saturated carbocycles. The molecule has 0 bridgehead atoms. The van der Waals surface area contributed by atoms with E-state index < -0.39 is 0 Å². The Bertz CT molecular complexity index is 390. The number of hydrogen-bond donors (Lipinski definition) is 2. The minimum Gasteiger partial charge on any atom is -0.330 e. The smallest absolute Gasteiger partial charge is 0.228 e. The fraction of sp³-hybridized carbons (Fsp3) is 0.300. The molecule has 1 heterocycles. The molecule has 1 amide bonds. The van der Waals surface area contributed by atoms with Gasteiger partial charge in [0.05, 0.1) is 6.42 Å². The summed E-state index contributed by atoms with van der Waals surface area (Å²) in [5.74, 6) is -0.382. The monoisotopic (exact) mass is 194 g/mol. The van der Waals surface area contributed by atoms with Crippen LogP contribution in [0.2, 0.25) is 0 Å². The SMILES string of the molecule is NCCc1cc(F)cc2c1NC(=O)C2. The second-order valence-corrected chi connectivity index (χ2v) is 3.36. The van der Waals surface area contributed by atoms with Crippen LogP contribution in [0, 0.1) is 5.82 Å². The number of rotatable bonds is 2. The Balaban J connectivity index is 2.46. The van der Waals surface area contributed by atoms with E-state index in [0.717, 1.165) is 16.8 Å². The van der Waals surface area contributed by atoms with Gasteiger partial charge in [0.15, 0.2) is 0 Å². The van der Waals surface area contributed by atoms with E-state index in [1.165, 1.54) is 12.1 Å². The summed E-state index contributed by atoms with van der Waals surface area (Å²) in [7, 11) is 0. The van der Waals surface area contributed by atoms with Gasteiger partial charge >= 0.3 is 0 Å². The van der Waals surface area contributed by atoms with Gasteiger partial charge in [0.25, 0.3) is 0 Å². The largest absolute Gasteiger partial charge is 0.330 e. The van der Waals surface area contributed by atoms with Gasteiger partial charge in [-0.3, -0.25) is 4.79 Å². The molecule has 1 aromatic rings. The lowest BCUT2D eigenvalue weighted by atomic mass is 10.0. The van der Waals surface area contributed by atoms with E-state index in [2.05, 4.69) is 5.32 Å². The molecule has 2 rings (SSSR count). The lowest BCUT2D eigenvalue weighted by molar-refractivity contribution is -0.115. The van der Waals surface area contributed by atoms with Gasteiger partial charge in [-0.1, -0.05) is 0 Å². The summed E-state index contributed by atoms with van der Waals surface area (Å²) in [5, 5.41) is 2.72. The zero-order valence-corrected chi connectivity index (χ0v) is 7.64. The summed E-state index contributed by atoms with van der Waals surface area (Å²) in [6.07, 6.45) is 0.852. The van der Waals surface area contributed by atoms with Crippen molar-refractivity contribution in [2.75, 3.05) is 11.9 Å². The predicted octanol–water partition coefficient (Wildman–Crippen LogP) is 0.822. The third-order valence-electron chi connectivity index (χ3n) is 2.30. The molecule has 0 aliphatic carbocycles. The van der Waals surface area contributed by atoms with Crippen molar-refractivity contribution in [1.82, 2.24) is 0 Å². The Labute approximate surface area is 81.1 Å². The Kier molecular flexibility index (Phi) is 2.21. The number of nitrogens with one attached hydrogen (secondary N) is 1. The first-order chi connectivity index (χ1) is 6.70. The van der Waals surface area contributed by atoms with Crippen molar-refractivity contribution in [3.8, 4) is 0 Å². The summed E-state index contributed by atoms with van der Waals surface area (Å²) in [4.78, 5) is 11.1. The first kappa shape index (κ1) is 9.15. The number of amides is 1. The maximum atomic E-state index is 13.1. The Morgan fingerprint density at radius 1 is 1.50 bits per heavy atom. The molecular formula is C10H11FN2O. The second-order valence-electron chi connectivity index (χ2n) is 3.36. The quantitative estimate of drug-likeness (QED) is 0.732. The lowest BCUT2D eigenvalue weighted by Gasteiger charge is -2.06. The highest BCUT2D eigenvalue weighted by molar-refractivity contribution is 6.00. The fourth-order valence-corrected chi connectivity index (χ4v) is 1.73. The first-order valence-electron chi connectivity index (χ1n) is 4.52. The number of anilines is 1. The van der Waals surface area contributed by atoms with E-state index in [-0.39, 0.29) is 18.1 Å². The zero-order valence-electron chi connectivity index (χ0n) is 7.64. The van der Waals surface area contributed by atoms with Gasteiger partial charge in [0.1, 0.15) is 5.82 Å². The first-order valence-corrected chi connectivity index (χ1v) is 4.52. The van der Waals surface area contributed by atoms with Crippen LogP contribution in [0.1, 0.15) is 11.1 Å². The molecule has 74 valence electrons. The number of nitrogens with two attached hydrogens (primary N) is 1. The molecule has 1 aliphatic heterocycles. The van der Waals surface area contributed by atoms with Crippen LogP contribution in [0.4, 0.5) is 10.1 Å². The Morgan fingerprint density at radius 3 is 3.00 bits per heavy atom. The van der Waals surface area contributed by atoms with Crippen LogP contribution >= 0.6 is 0 Å². The van der Waals surface area contributed by atoms with E-state index in [4.69, 9.17) is 5.73 Å². The van der Waals surface area contributed by atoms with Crippen molar-refractivity contribution < 1.29 is 9.18 Å². The van der Waals surface area contributed by atoms with Crippen molar-refractivity contribution in [3.63, 3.8) is 0 Å². The van der Waals surface area contributed by atoms with Crippen molar-refractivity contribution in [2.45, 2.75) is 12.8 Å². The summed E-state index contributed by atoms with van der Waals surface area (Å²) in [5.41, 5.74) is 7.68. The number of hydrogen-bond acceptors (Lipinski definition) is 2. The molecule has 0 radical (unpaired) electrons. The van der Waals surface area contributed by atoms with Crippen LogP contribution in [0.25, 0.3) is 0 Å². The van der Waals surface area contributed by atoms with Gasteiger partial charge in [-0.05, 0) is 36.2 Å². The van der Waals surface area contributed by atoms with E-state index >= 15 is 0 Å². The standard InChI is InChI=1S/C10H11FN2O/c11-8-3-6(1-2-12)10-7(4-8)5-9(14)13-10/h3-4H,1-2,5,12H2,(H,13,14). The number of benzene rings is 1. The maximum Gasteiger partial charge on any atom is 0.228 e. The van der Waals surface area contributed by atoms with Crippen molar-refractivity contribution in [3.05, 3.63) is 29.1 Å². The molecule has 3 N–H and O–H groups in total. The van der Waals surface area contributed by atoms with E-state index in [1.54, 1.807) is 0 Å². The van der Waals surface area contributed by atoms with Crippen molar-refractivity contribution >= 4 is 11.6 Å². The summed E-state index contributed by atoms with van der Waals surface area (Å²) < 4.78 is 13.1. The molecule has 0 unspecified atom stereocenters. The molecule has 4 heteroatoms. The molecule has 1 aliphatic rings. The third-order valence-corrected chi connectivity index (χ3v) is 2.30. The minimum absolute atomic E-state index is 0.0797. The molecule has 14 heavy (non-hydrogen) atoms. The molecule has 0 aromatic heterocycles. The van der Waals surface area contributed by atoms with Crippen LogP contribution in [0.15, 0.2) is 12.1 Å². The second kappa shape index (κ2) is 3.38. The van der Waals surface area contributed by atoms with Gasteiger partial charge in [-0.15, -0.1) is 0 Å². The number of halogens is 1. The maximum absolute atomic E-state index is 13.1. The minimum atomic E-state index is -0.302. The topological polar surface area (TPSA) is 55.1 Å². The molecule has 0 atom stereocenters. The highest BCUT2D eigenvalue weighted by Gasteiger charge is 2.21. The number of carbonyl (C=O) groups is 1. The molecular weight excluding hydrogens is 183 g/mol. The van der Waals surface area contributed by atoms with Gasteiger partial charge in [0, 0.05) is 5.69 Å². The van der Waals surface area contributed by atoms with Gasteiger partial charge < -0.3 is 11.1 Å². The zero-order chi connectivity index (χ0) is 10.1. The average Bonchev–Trinajstić information content (AvgIpc) is 2.45.